The highest BCUT2D eigenvalue weighted by molar-refractivity contribution is 6.16. The van der Waals surface area contributed by atoms with Gasteiger partial charge in [-0.25, -0.2) is 4.68 Å². The average Bonchev–Trinajstić information content (AvgIpc) is 2.70. The number of rotatable bonds is 3. The van der Waals surface area contributed by atoms with Crippen molar-refractivity contribution in [3.05, 3.63) is 46.8 Å². The van der Waals surface area contributed by atoms with Crippen LogP contribution in [0.5, 0.6) is 0 Å². The van der Waals surface area contributed by atoms with E-state index in [1.165, 1.54) is 16.7 Å². The molecule has 84 valence electrons. The van der Waals surface area contributed by atoms with E-state index in [-0.39, 0.29) is 0 Å². The molecule has 1 aromatic carbocycles. The lowest BCUT2D eigenvalue weighted by Crippen LogP contribution is -2.02. The summed E-state index contributed by atoms with van der Waals surface area (Å²) in [5.41, 5.74) is 4.63. The molecule has 0 atom stereocenters. The fraction of sp³-hybridized carbons (Fsp3) is 0.333. The highest BCUT2D eigenvalue weighted by Gasteiger charge is 2.02. The lowest BCUT2D eigenvalue weighted by molar-refractivity contribution is 0.647. The van der Waals surface area contributed by atoms with Crippen molar-refractivity contribution in [2.24, 2.45) is 0 Å². The zero-order valence-electron chi connectivity index (χ0n) is 9.44. The quantitative estimate of drug-likeness (QED) is 0.766. The molecule has 0 saturated carbocycles. The average molecular weight is 236 g/mol. The number of hydrogen-bond acceptors (Lipinski definition) is 2. The van der Waals surface area contributed by atoms with Crippen LogP contribution in [0.2, 0.25) is 0 Å². The maximum atomic E-state index is 5.68. The van der Waals surface area contributed by atoms with Crippen LogP contribution < -0.4 is 0 Å². The van der Waals surface area contributed by atoms with Gasteiger partial charge in [-0.15, -0.1) is 16.7 Å². The molecule has 0 spiro atoms. The van der Waals surface area contributed by atoms with Crippen LogP contribution in [-0.2, 0) is 12.4 Å². The molecule has 3 nitrogen and oxygen atoms in total. The first kappa shape index (κ1) is 11.1. The molecule has 0 amide bonds. The predicted molar refractivity (Wildman–Crippen MR) is 64.6 cm³/mol. The standard InChI is InChI=1S/C12H14ClN3/c1-9-3-4-11(10(2)5-9)7-16-8-12(6-13)14-15-16/h3-5,8H,6-7H2,1-2H3. The molecule has 4 heteroatoms. The SMILES string of the molecule is Cc1ccc(Cn2cc(CCl)nn2)c(C)c1. The van der Waals surface area contributed by atoms with Crippen LogP contribution in [0.1, 0.15) is 22.4 Å². The summed E-state index contributed by atoms with van der Waals surface area (Å²) in [6.07, 6.45) is 1.88. The van der Waals surface area contributed by atoms with Crippen molar-refractivity contribution in [1.29, 1.82) is 0 Å². The normalized spacial score (nSPS) is 10.7. The zero-order chi connectivity index (χ0) is 11.5. The summed E-state index contributed by atoms with van der Waals surface area (Å²) in [6.45, 7) is 4.95. The molecular weight excluding hydrogens is 222 g/mol. The molecule has 0 N–H and O–H groups in total. The third-order valence-corrected chi connectivity index (χ3v) is 2.83. The van der Waals surface area contributed by atoms with Crippen molar-refractivity contribution in [1.82, 2.24) is 15.0 Å². The monoisotopic (exact) mass is 235 g/mol. The second-order valence-electron chi connectivity index (χ2n) is 3.97. The van der Waals surface area contributed by atoms with Gasteiger partial charge in [-0.05, 0) is 25.0 Å². The largest absolute Gasteiger partial charge is 0.248 e. The van der Waals surface area contributed by atoms with E-state index < -0.39 is 0 Å². The second-order valence-corrected chi connectivity index (χ2v) is 4.24. The molecule has 1 aromatic heterocycles. The van der Waals surface area contributed by atoms with Crippen LogP contribution in [0.25, 0.3) is 0 Å². The van der Waals surface area contributed by atoms with Gasteiger partial charge in [0.25, 0.3) is 0 Å². The summed E-state index contributed by atoms with van der Waals surface area (Å²) in [5.74, 6) is 0.410. The molecule has 0 saturated heterocycles. The van der Waals surface area contributed by atoms with Crippen LogP contribution in [0.15, 0.2) is 24.4 Å². The summed E-state index contributed by atoms with van der Waals surface area (Å²) in [7, 11) is 0. The van der Waals surface area contributed by atoms with E-state index in [1.54, 1.807) is 0 Å². The fourth-order valence-corrected chi connectivity index (χ4v) is 1.80. The van der Waals surface area contributed by atoms with Gasteiger partial charge in [0.2, 0.25) is 0 Å². The van der Waals surface area contributed by atoms with Crippen molar-refractivity contribution in [2.75, 3.05) is 0 Å². The Morgan fingerprint density at radius 2 is 2.12 bits per heavy atom. The number of benzene rings is 1. The summed E-state index contributed by atoms with van der Waals surface area (Å²) in [6, 6.07) is 6.42. The van der Waals surface area contributed by atoms with E-state index in [2.05, 4.69) is 42.4 Å². The van der Waals surface area contributed by atoms with Crippen molar-refractivity contribution in [3.8, 4) is 0 Å². The van der Waals surface area contributed by atoms with Gasteiger partial charge in [0.05, 0.1) is 24.3 Å². The molecule has 0 unspecified atom stereocenters. The number of nitrogens with zero attached hydrogens (tertiary/aromatic N) is 3. The van der Waals surface area contributed by atoms with E-state index in [1.807, 2.05) is 10.9 Å². The van der Waals surface area contributed by atoms with Crippen LogP contribution in [0, 0.1) is 13.8 Å². The number of aromatic nitrogens is 3. The molecule has 2 aromatic rings. The van der Waals surface area contributed by atoms with Gasteiger partial charge in [-0.2, -0.15) is 0 Å². The highest BCUT2D eigenvalue weighted by Crippen LogP contribution is 2.12. The molecule has 0 bridgehead atoms. The van der Waals surface area contributed by atoms with Gasteiger partial charge in [0.15, 0.2) is 0 Å². The van der Waals surface area contributed by atoms with E-state index in [9.17, 15) is 0 Å². The van der Waals surface area contributed by atoms with Crippen LogP contribution >= 0.6 is 11.6 Å². The summed E-state index contributed by atoms with van der Waals surface area (Å²) in [5, 5.41) is 7.99. The second kappa shape index (κ2) is 4.66. The lowest BCUT2D eigenvalue weighted by Gasteiger charge is -2.06. The van der Waals surface area contributed by atoms with E-state index in [0.29, 0.717) is 5.88 Å². The van der Waals surface area contributed by atoms with Gasteiger partial charge < -0.3 is 0 Å². The van der Waals surface area contributed by atoms with E-state index in [4.69, 9.17) is 11.6 Å². The first-order valence-electron chi connectivity index (χ1n) is 5.20. The van der Waals surface area contributed by atoms with Gasteiger partial charge in [0.1, 0.15) is 0 Å². The van der Waals surface area contributed by atoms with Gasteiger partial charge in [-0.3, -0.25) is 0 Å². The number of halogens is 1. The predicted octanol–water partition coefficient (Wildman–Crippen LogP) is 2.68. The number of aryl methyl sites for hydroxylation is 2. The Balaban J connectivity index is 2.20. The third-order valence-electron chi connectivity index (χ3n) is 2.55. The Bertz CT molecular complexity index is 491. The van der Waals surface area contributed by atoms with Gasteiger partial charge in [0, 0.05) is 0 Å². The molecule has 0 radical (unpaired) electrons. The maximum Gasteiger partial charge on any atom is 0.0974 e. The zero-order valence-corrected chi connectivity index (χ0v) is 10.2. The minimum atomic E-state index is 0.410. The van der Waals surface area contributed by atoms with Crippen molar-refractivity contribution < 1.29 is 0 Å². The summed E-state index contributed by atoms with van der Waals surface area (Å²) < 4.78 is 1.81. The first-order valence-corrected chi connectivity index (χ1v) is 5.73. The van der Waals surface area contributed by atoms with Crippen molar-refractivity contribution in [2.45, 2.75) is 26.3 Å². The Morgan fingerprint density at radius 3 is 2.75 bits per heavy atom. The molecule has 1 heterocycles. The highest BCUT2D eigenvalue weighted by atomic mass is 35.5. The minimum Gasteiger partial charge on any atom is -0.248 e. The smallest absolute Gasteiger partial charge is 0.0974 e. The maximum absolute atomic E-state index is 5.68. The Labute approximate surface area is 100 Å². The topological polar surface area (TPSA) is 30.7 Å². The first-order chi connectivity index (χ1) is 7.69. The van der Waals surface area contributed by atoms with E-state index in [0.717, 1.165) is 12.2 Å². The molecule has 16 heavy (non-hydrogen) atoms. The molecule has 2 rings (SSSR count). The molecule has 0 aliphatic heterocycles. The summed E-state index contributed by atoms with van der Waals surface area (Å²) >= 11 is 5.68. The Kier molecular flexibility index (Phi) is 3.25. The fourth-order valence-electron chi connectivity index (χ4n) is 1.67. The molecular formula is C12H14ClN3. The molecule has 0 aliphatic carbocycles. The number of hydrogen-bond donors (Lipinski definition) is 0. The van der Waals surface area contributed by atoms with Crippen LogP contribution in [0.3, 0.4) is 0 Å². The van der Waals surface area contributed by atoms with Crippen molar-refractivity contribution >= 4 is 11.6 Å². The van der Waals surface area contributed by atoms with Crippen molar-refractivity contribution in [3.63, 3.8) is 0 Å². The summed E-state index contributed by atoms with van der Waals surface area (Å²) in [4.78, 5) is 0. The Morgan fingerprint density at radius 1 is 1.31 bits per heavy atom. The minimum absolute atomic E-state index is 0.410. The number of alkyl halides is 1. The van der Waals surface area contributed by atoms with E-state index >= 15 is 0 Å². The molecule has 0 fully saturated rings. The lowest BCUT2D eigenvalue weighted by atomic mass is 10.1. The van der Waals surface area contributed by atoms with Gasteiger partial charge >= 0.3 is 0 Å². The van der Waals surface area contributed by atoms with Crippen LogP contribution in [-0.4, -0.2) is 15.0 Å². The van der Waals surface area contributed by atoms with Gasteiger partial charge in [-0.1, -0.05) is 29.0 Å². The Hall–Kier alpha value is -1.35. The third kappa shape index (κ3) is 2.42. The van der Waals surface area contributed by atoms with Crippen LogP contribution in [0.4, 0.5) is 0 Å². The molecule has 0 aliphatic rings.